The van der Waals surface area contributed by atoms with Crippen LogP contribution in [0.15, 0.2) is 6.07 Å². The van der Waals surface area contributed by atoms with Crippen molar-refractivity contribution in [2.45, 2.75) is 78.6 Å². The molecular formula is C20H33N3O2. The van der Waals surface area contributed by atoms with E-state index in [1.54, 1.807) is 0 Å². The Morgan fingerprint density at radius 3 is 2.60 bits per heavy atom. The summed E-state index contributed by atoms with van der Waals surface area (Å²) in [4.78, 5) is 8.74. The Morgan fingerprint density at radius 1 is 1.24 bits per heavy atom. The molecule has 1 aliphatic heterocycles. The maximum Gasteiger partial charge on any atom is 0.169 e. The second-order valence-corrected chi connectivity index (χ2v) is 8.40. The molecule has 2 aliphatic rings. The summed E-state index contributed by atoms with van der Waals surface area (Å²) in [5.74, 6) is 2.09. The molecular weight excluding hydrogens is 314 g/mol. The van der Waals surface area contributed by atoms with Crippen LogP contribution in [0, 0.1) is 25.2 Å². The number of hydrogen-bond donors (Lipinski definition) is 1. The van der Waals surface area contributed by atoms with Gasteiger partial charge < -0.3 is 14.8 Å². The van der Waals surface area contributed by atoms with Crippen LogP contribution in [0.5, 0.6) is 0 Å². The van der Waals surface area contributed by atoms with Crippen molar-refractivity contribution in [3.05, 3.63) is 17.6 Å². The molecule has 0 amide bonds. The average Bonchev–Trinajstić information content (AvgIpc) is 2.95. The minimum absolute atomic E-state index is 0.0892. The van der Waals surface area contributed by atoms with Gasteiger partial charge in [0.2, 0.25) is 0 Å². The van der Waals surface area contributed by atoms with E-state index in [9.17, 15) is 0 Å². The summed E-state index contributed by atoms with van der Waals surface area (Å²) < 4.78 is 12.5. The Bertz CT molecular complexity index is 574. The van der Waals surface area contributed by atoms with Crippen LogP contribution in [0.25, 0.3) is 0 Å². The number of nitrogens with one attached hydrogen (secondary N) is 1. The molecule has 1 spiro atoms. The Labute approximate surface area is 151 Å². The fraction of sp³-hybridized carbons (Fsp3) is 0.800. The highest BCUT2D eigenvalue weighted by Crippen LogP contribution is 2.46. The first-order valence-electron chi connectivity index (χ1n) is 9.70. The molecule has 1 aromatic heterocycles. The van der Waals surface area contributed by atoms with Crippen LogP contribution in [0.3, 0.4) is 0 Å². The molecule has 0 radical (unpaired) electrons. The predicted octanol–water partition coefficient (Wildman–Crippen LogP) is 4.24. The van der Waals surface area contributed by atoms with Gasteiger partial charge in [-0.2, -0.15) is 0 Å². The SMILES string of the molecule is CCC(C)(C)C1CCC2(CC1)OCC(CNc1cc(C)nc(C)n1)O2. The van der Waals surface area contributed by atoms with E-state index in [2.05, 4.69) is 36.1 Å². The van der Waals surface area contributed by atoms with Crippen LogP contribution in [0.1, 0.15) is 64.4 Å². The lowest BCUT2D eigenvalue weighted by atomic mass is 9.68. The molecule has 5 nitrogen and oxygen atoms in total. The van der Waals surface area contributed by atoms with Gasteiger partial charge in [0, 0.05) is 31.1 Å². The van der Waals surface area contributed by atoms with Crippen LogP contribution in [-0.2, 0) is 9.47 Å². The maximum atomic E-state index is 6.34. The van der Waals surface area contributed by atoms with Gasteiger partial charge in [-0.15, -0.1) is 0 Å². The van der Waals surface area contributed by atoms with Gasteiger partial charge in [0.15, 0.2) is 5.79 Å². The number of ether oxygens (including phenoxy) is 2. The zero-order valence-corrected chi connectivity index (χ0v) is 16.4. The summed E-state index contributed by atoms with van der Waals surface area (Å²) in [6.45, 7) is 12.4. The van der Waals surface area contributed by atoms with Gasteiger partial charge in [-0.25, -0.2) is 9.97 Å². The van der Waals surface area contributed by atoms with Crippen LogP contribution in [-0.4, -0.2) is 35.0 Å². The average molecular weight is 348 g/mol. The fourth-order valence-corrected chi connectivity index (χ4v) is 4.13. The van der Waals surface area contributed by atoms with Crippen molar-refractivity contribution in [1.29, 1.82) is 0 Å². The van der Waals surface area contributed by atoms with E-state index in [1.165, 1.54) is 19.3 Å². The Kier molecular flexibility index (Phi) is 5.35. The van der Waals surface area contributed by atoms with E-state index in [4.69, 9.17) is 9.47 Å². The zero-order valence-electron chi connectivity index (χ0n) is 16.4. The van der Waals surface area contributed by atoms with E-state index >= 15 is 0 Å². The Hall–Kier alpha value is -1.20. The summed E-state index contributed by atoms with van der Waals surface area (Å²) >= 11 is 0. The normalized spacial score (nSPS) is 30.0. The summed E-state index contributed by atoms with van der Waals surface area (Å²) in [6.07, 6.45) is 5.76. The molecule has 0 bridgehead atoms. The molecule has 1 atom stereocenters. The van der Waals surface area contributed by atoms with Crippen molar-refractivity contribution >= 4 is 5.82 Å². The first kappa shape index (κ1) is 18.6. The molecule has 1 unspecified atom stereocenters. The standard InChI is InChI=1S/C20H33N3O2/c1-6-19(4,5)16-7-9-20(10-8-16)24-13-17(25-20)12-21-18-11-14(2)22-15(3)23-18/h11,16-17H,6-10,12-13H2,1-5H3,(H,21,22,23). The predicted molar refractivity (Wildman–Crippen MR) is 99.6 cm³/mol. The summed E-state index contributed by atoms with van der Waals surface area (Å²) in [5, 5.41) is 3.38. The molecule has 3 rings (SSSR count). The molecule has 1 aliphatic carbocycles. The van der Waals surface area contributed by atoms with E-state index in [1.807, 2.05) is 19.9 Å². The molecule has 5 heteroatoms. The van der Waals surface area contributed by atoms with Crippen LogP contribution >= 0.6 is 0 Å². The Morgan fingerprint density at radius 2 is 1.96 bits per heavy atom. The second kappa shape index (κ2) is 7.20. The highest BCUT2D eigenvalue weighted by atomic mass is 16.7. The van der Waals surface area contributed by atoms with Gasteiger partial charge >= 0.3 is 0 Å². The van der Waals surface area contributed by atoms with Crippen LogP contribution < -0.4 is 5.32 Å². The highest BCUT2D eigenvalue weighted by molar-refractivity contribution is 5.35. The first-order chi connectivity index (χ1) is 11.8. The molecule has 1 saturated carbocycles. The quantitative estimate of drug-likeness (QED) is 0.863. The largest absolute Gasteiger partial charge is 0.367 e. The van der Waals surface area contributed by atoms with Crippen molar-refractivity contribution in [3.8, 4) is 0 Å². The fourth-order valence-electron chi connectivity index (χ4n) is 4.13. The van der Waals surface area contributed by atoms with Crippen molar-refractivity contribution < 1.29 is 9.47 Å². The smallest absolute Gasteiger partial charge is 0.169 e. The minimum Gasteiger partial charge on any atom is -0.367 e. The lowest BCUT2D eigenvalue weighted by molar-refractivity contribution is -0.195. The molecule has 140 valence electrons. The van der Waals surface area contributed by atoms with E-state index in [0.717, 1.165) is 42.6 Å². The second-order valence-electron chi connectivity index (χ2n) is 8.40. The third-order valence-corrected chi connectivity index (χ3v) is 6.15. The van der Waals surface area contributed by atoms with Crippen molar-refractivity contribution in [2.24, 2.45) is 11.3 Å². The monoisotopic (exact) mass is 347 g/mol. The number of anilines is 1. The van der Waals surface area contributed by atoms with Gasteiger partial charge in [0.05, 0.1) is 6.61 Å². The van der Waals surface area contributed by atoms with Crippen LogP contribution in [0.4, 0.5) is 5.82 Å². The van der Waals surface area contributed by atoms with Crippen LogP contribution in [0.2, 0.25) is 0 Å². The first-order valence-corrected chi connectivity index (χ1v) is 9.70. The number of nitrogens with zero attached hydrogens (tertiary/aromatic N) is 2. The lowest BCUT2D eigenvalue weighted by Crippen LogP contribution is -2.39. The van der Waals surface area contributed by atoms with Crippen molar-refractivity contribution in [1.82, 2.24) is 9.97 Å². The summed E-state index contributed by atoms with van der Waals surface area (Å²) in [7, 11) is 0. The zero-order chi connectivity index (χ0) is 18.1. The van der Waals surface area contributed by atoms with Gasteiger partial charge in [-0.05, 0) is 38.0 Å². The molecule has 25 heavy (non-hydrogen) atoms. The summed E-state index contributed by atoms with van der Waals surface area (Å²) in [5.41, 5.74) is 1.40. The van der Waals surface area contributed by atoms with Gasteiger partial charge in [-0.3, -0.25) is 0 Å². The number of aryl methyl sites for hydroxylation is 2. The summed E-state index contributed by atoms with van der Waals surface area (Å²) in [6, 6.07) is 1.97. The minimum atomic E-state index is -0.343. The third-order valence-electron chi connectivity index (χ3n) is 6.15. The van der Waals surface area contributed by atoms with Crippen molar-refractivity contribution in [2.75, 3.05) is 18.5 Å². The number of aromatic nitrogens is 2. The molecule has 2 heterocycles. The van der Waals surface area contributed by atoms with E-state index in [-0.39, 0.29) is 11.9 Å². The van der Waals surface area contributed by atoms with Gasteiger partial charge in [0.1, 0.15) is 17.7 Å². The third kappa shape index (κ3) is 4.32. The van der Waals surface area contributed by atoms with E-state index < -0.39 is 0 Å². The lowest BCUT2D eigenvalue weighted by Gasteiger charge is -2.42. The van der Waals surface area contributed by atoms with Crippen molar-refractivity contribution in [3.63, 3.8) is 0 Å². The molecule has 2 fully saturated rings. The molecule has 0 aromatic carbocycles. The Balaban J connectivity index is 1.50. The maximum absolute atomic E-state index is 6.34. The molecule has 1 aromatic rings. The molecule has 1 saturated heterocycles. The van der Waals surface area contributed by atoms with E-state index in [0.29, 0.717) is 12.0 Å². The topological polar surface area (TPSA) is 56.3 Å². The number of rotatable bonds is 5. The number of hydrogen-bond acceptors (Lipinski definition) is 5. The highest BCUT2D eigenvalue weighted by Gasteiger charge is 2.46. The van der Waals surface area contributed by atoms with Gasteiger partial charge in [0.25, 0.3) is 0 Å². The van der Waals surface area contributed by atoms with Gasteiger partial charge in [-0.1, -0.05) is 27.2 Å². The molecule has 1 N–H and O–H groups in total.